The van der Waals surface area contributed by atoms with E-state index in [1.54, 1.807) is 0 Å². The molecular weight excluding hydrogens is 146 g/mol. The van der Waals surface area contributed by atoms with E-state index in [9.17, 15) is 0 Å². The highest BCUT2D eigenvalue weighted by Crippen LogP contribution is 2.52. The van der Waals surface area contributed by atoms with Gasteiger partial charge in [-0.25, -0.2) is 0 Å². The Morgan fingerprint density at radius 2 is 1.83 bits per heavy atom. The van der Waals surface area contributed by atoms with Crippen molar-refractivity contribution in [1.82, 2.24) is 4.90 Å². The molecule has 0 radical (unpaired) electrons. The van der Waals surface area contributed by atoms with Gasteiger partial charge in [0, 0.05) is 0 Å². The van der Waals surface area contributed by atoms with Crippen molar-refractivity contribution in [3.05, 3.63) is 0 Å². The molecule has 0 aromatic heterocycles. The Kier molecular flexibility index (Phi) is 2.16. The molecule has 1 saturated heterocycles. The lowest BCUT2D eigenvalue weighted by atomic mass is 9.58. The summed E-state index contributed by atoms with van der Waals surface area (Å²) in [4.78, 5) is 2.59. The van der Waals surface area contributed by atoms with E-state index >= 15 is 0 Å². The second kappa shape index (κ2) is 3.02. The van der Waals surface area contributed by atoms with Crippen LogP contribution in [0.5, 0.6) is 0 Å². The van der Waals surface area contributed by atoms with Gasteiger partial charge in [0.15, 0.2) is 0 Å². The van der Waals surface area contributed by atoms with Crippen LogP contribution in [0.1, 0.15) is 39.5 Å². The van der Waals surface area contributed by atoms with E-state index < -0.39 is 0 Å². The Morgan fingerprint density at radius 1 is 1.25 bits per heavy atom. The van der Waals surface area contributed by atoms with Gasteiger partial charge >= 0.3 is 0 Å². The number of rotatable bonds is 1. The van der Waals surface area contributed by atoms with Crippen LogP contribution in [0.25, 0.3) is 0 Å². The van der Waals surface area contributed by atoms with Gasteiger partial charge < -0.3 is 4.90 Å². The van der Waals surface area contributed by atoms with Gasteiger partial charge in [-0.3, -0.25) is 0 Å². The molecule has 12 heavy (non-hydrogen) atoms. The molecule has 1 heteroatoms. The first-order valence-corrected chi connectivity index (χ1v) is 5.46. The molecule has 1 spiro atoms. The van der Waals surface area contributed by atoms with E-state index in [0.29, 0.717) is 0 Å². The molecule has 0 amide bonds. The monoisotopic (exact) mass is 167 g/mol. The quantitative estimate of drug-likeness (QED) is 0.580. The van der Waals surface area contributed by atoms with E-state index in [2.05, 4.69) is 18.7 Å². The minimum Gasteiger partial charge on any atom is -0.304 e. The molecule has 0 bridgehead atoms. The van der Waals surface area contributed by atoms with Crippen molar-refractivity contribution in [3.63, 3.8) is 0 Å². The maximum Gasteiger partial charge on any atom is -0.00135 e. The Morgan fingerprint density at radius 3 is 2.25 bits per heavy atom. The van der Waals surface area contributed by atoms with Crippen molar-refractivity contribution in [3.8, 4) is 0 Å². The second-order valence-corrected chi connectivity index (χ2v) is 4.95. The highest BCUT2D eigenvalue weighted by molar-refractivity contribution is 4.95. The summed E-state index contributed by atoms with van der Waals surface area (Å²) in [5.41, 5.74) is 0.811. The van der Waals surface area contributed by atoms with Gasteiger partial charge in [-0.1, -0.05) is 13.8 Å². The van der Waals surface area contributed by atoms with Gasteiger partial charge in [0.1, 0.15) is 0 Å². The molecule has 2 aliphatic rings. The van der Waals surface area contributed by atoms with Crippen LogP contribution < -0.4 is 0 Å². The third-order valence-corrected chi connectivity index (χ3v) is 3.93. The molecule has 0 aromatic rings. The van der Waals surface area contributed by atoms with E-state index in [4.69, 9.17) is 0 Å². The topological polar surface area (TPSA) is 3.24 Å². The van der Waals surface area contributed by atoms with E-state index in [0.717, 1.165) is 11.3 Å². The zero-order valence-electron chi connectivity index (χ0n) is 8.47. The zero-order chi connectivity index (χ0) is 8.60. The van der Waals surface area contributed by atoms with Gasteiger partial charge in [-0.05, 0) is 56.7 Å². The highest BCUT2D eigenvalue weighted by atomic mass is 15.1. The number of nitrogens with zero attached hydrogens (tertiary/aromatic N) is 1. The number of likely N-dealkylation sites (tertiary alicyclic amines) is 1. The lowest BCUT2D eigenvalue weighted by Gasteiger charge is -2.51. The molecule has 0 atom stereocenters. The Bertz CT molecular complexity index is 148. The Hall–Kier alpha value is -0.0400. The van der Waals surface area contributed by atoms with Crippen molar-refractivity contribution in [2.45, 2.75) is 39.5 Å². The van der Waals surface area contributed by atoms with Crippen LogP contribution in [0.2, 0.25) is 0 Å². The predicted molar refractivity (Wildman–Crippen MR) is 52.2 cm³/mol. The maximum atomic E-state index is 2.59. The molecule has 0 unspecified atom stereocenters. The smallest absolute Gasteiger partial charge is 0.00135 e. The Labute approximate surface area is 76.1 Å². The molecule has 70 valence electrons. The van der Waals surface area contributed by atoms with E-state index in [-0.39, 0.29) is 0 Å². The molecule has 2 fully saturated rings. The average molecular weight is 167 g/mol. The summed E-state index contributed by atoms with van der Waals surface area (Å²) in [7, 11) is 0. The second-order valence-electron chi connectivity index (χ2n) is 4.95. The van der Waals surface area contributed by atoms with Crippen LogP contribution >= 0.6 is 0 Å². The standard InChI is InChI=1S/C11H21N/c1-3-12-6-4-11(5-7-12)8-10(2)9-11/h10H,3-9H2,1-2H3. The van der Waals surface area contributed by atoms with Crippen LogP contribution in [0.3, 0.4) is 0 Å². The van der Waals surface area contributed by atoms with Gasteiger partial charge in [0.05, 0.1) is 0 Å². The van der Waals surface area contributed by atoms with Crippen molar-refractivity contribution in [2.24, 2.45) is 11.3 Å². The number of hydrogen-bond acceptors (Lipinski definition) is 1. The van der Waals surface area contributed by atoms with Crippen LogP contribution in [-0.4, -0.2) is 24.5 Å². The normalized spacial score (nSPS) is 30.5. The predicted octanol–water partition coefficient (Wildman–Crippen LogP) is 2.52. The van der Waals surface area contributed by atoms with Crippen molar-refractivity contribution in [2.75, 3.05) is 19.6 Å². The highest BCUT2D eigenvalue weighted by Gasteiger charge is 2.43. The summed E-state index contributed by atoms with van der Waals surface area (Å²) in [6.07, 6.45) is 5.99. The minimum atomic E-state index is 0.811. The maximum absolute atomic E-state index is 2.59. The zero-order valence-corrected chi connectivity index (χ0v) is 8.47. The molecule has 1 nitrogen and oxygen atoms in total. The fourth-order valence-corrected chi connectivity index (χ4v) is 3.17. The first kappa shape index (κ1) is 8.55. The van der Waals surface area contributed by atoms with Crippen LogP contribution in [0.4, 0.5) is 0 Å². The first-order chi connectivity index (χ1) is 5.74. The third kappa shape index (κ3) is 1.39. The Balaban J connectivity index is 1.83. The van der Waals surface area contributed by atoms with Gasteiger partial charge in [0.2, 0.25) is 0 Å². The minimum absolute atomic E-state index is 0.811. The van der Waals surface area contributed by atoms with Gasteiger partial charge in [-0.15, -0.1) is 0 Å². The number of hydrogen-bond donors (Lipinski definition) is 0. The lowest BCUT2D eigenvalue weighted by Crippen LogP contribution is -2.46. The SMILES string of the molecule is CCN1CCC2(CC1)CC(C)C2. The van der Waals surface area contributed by atoms with Gasteiger partial charge in [0.25, 0.3) is 0 Å². The van der Waals surface area contributed by atoms with E-state index in [1.165, 1.54) is 45.3 Å². The van der Waals surface area contributed by atoms with Crippen molar-refractivity contribution in [1.29, 1.82) is 0 Å². The van der Waals surface area contributed by atoms with Gasteiger partial charge in [-0.2, -0.15) is 0 Å². The summed E-state index contributed by atoms with van der Waals surface area (Å²) in [6, 6.07) is 0. The summed E-state index contributed by atoms with van der Waals surface area (Å²) in [6.45, 7) is 8.66. The fraction of sp³-hybridized carbons (Fsp3) is 1.00. The van der Waals surface area contributed by atoms with Crippen LogP contribution in [0.15, 0.2) is 0 Å². The van der Waals surface area contributed by atoms with E-state index in [1.807, 2.05) is 0 Å². The molecular formula is C11H21N. The number of piperidine rings is 1. The summed E-state index contributed by atoms with van der Waals surface area (Å²) < 4.78 is 0. The molecule has 1 saturated carbocycles. The molecule has 1 aliphatic carbocycles. The van der Waals surface area contributed by atoms with Crippen LogP contribution in [0, 0.1) is 11.3 Å². The molecule has 0 N–H and O–H groups in total. The van der Waals surface area contributed by atoms with Crippen molar-refractivity contribution >= 4 is 0 Å². The summed E-state index contributed by atoms with van der Waals surface area (Å²) >= 11 is 0. The molecule has 0 aromatic carbocycles. The molecule has 2 rings (SSSR count). The summed E-state index contributed by atoms with van der Waals surface area (Å²) in [5, 5.41) is 0. The molecule has 1 heterocycles. The first-order valence-electron chi connectivity index (χ1n) is 5.46. The fourth-order valence-electron chi connectivity index (χ4n) is 3.17. The lowest BCUT2D eigenvalue weighted by molar-refractivity contribution is -0.00433. The largest absolute Gasteiger partial charge is 0.304 e. The van der Waals surface area contributed by atoms with Crippen molar-refractivity contribution < 1.29 is 0 Å². The summed E-state index contributed by atoms with van der Waals surface area (Å²) in [5.74, 6) is 1.03. The van der Waals surface area contributed by atoms with Crippen LogP contribution in [-0.2, 0) is 0 Å². The molecule has 1 aliphatic heterocycles. The average Bonchev–Trinajstić information content (AvgIpc) is 2.04. The third-order valence-electron chi connectivity index (χ3n) is 3.93.